The van der Waals surface area contributed by atoms with Crippen molar-refractivity contribution in [3.8, 4) is 33.4 Å². The van der Waals surface area contributed by atoms with E-state index in [1.807, 2.05) is 0 Å². The lowest BCUT2D eigenvalue weighted by molar-refractivity contribution is 0.660. The van der Waals surface area contributed by atoms with Crippen LogP contribution in [0.1, 0.15) is 61.1 Å². The van der Waals surface area contributed by atoms with Crippen LogP contribution in [-0.4, -0.2) is 0 Å². The molecule has 238 valence electrons. The summed E-state index contributed by atoms with van der Waals surface area (Å²) in [6.45, 7) is 14.0. The first-order valence-electron chi connectivity index (χ1n) is 17.5. The van der Waals surface area contributed by atoms with E-state index in [0.717, 1.165) is 0 Å². The molecule has 1 heteroatoms. The van der Waals surface area contributed by atoms with Gasteiger partial charge in [0.2, 0.25) is 0 Å². The Morgan fingerprint density at radius 2 is 0.857 bits per heavy atom. The first-order chi connectivity index (χ1) is 23.6. The van der Waals surface area contributed by atoms with Gasteiger partial charge in [0, 0.05) is 22.2 Å². The molecule has 0 aromatic heterocycles. The molecular formula is C48H41N. The largest absolute Gasteiger partial charge is 0.310 e. The number of aryl methyl sites for hydroxylation is 2. The van der Waals surface area contributed by atoms with Gasteiger partial charge in [-0.25, -0.2) is 0 Å². The van der Waals surface area contributed by atoms with Crippen molar-refractivity contribution in [3.05, 3.63) is 173 Å². The van der Waals surface area contributed by atoms with Crippen LogP contribution in [0.25, 0.3) is 44.2 Å². The highest BCUT2D eigenvalue weighted by atomic mass is 15.1. The number of nitrogens with zero attached hydrogens (tertiary/aromatic N) is 1. The van der Waals surface area contributed by atoms with E-state index in [1.165, 1.54) is 94.6 Å². The lowest BCUT2D eigenvalue weighted by Crippen LogP contribution is -2.18. The summed E-state index contributed by atoms with van der Waals surface area (Å²) in [4.78, 5) is 2.52. The predicted octanol–water partition coefficient (Wildman–Crippen LogP) is 13.2. The maximum absolute atomic E-state index is 2.52. The SMILES string of the molecule is Cc1cc(-c2cccc3ccccc23)cc(C)c1N(c1ccc2c(c1)C(C)(C)c1ccccc1-2)c1ccc2c(c1)C(C)(C)c1ccccc1-2. The number of rotatable bonds is 4. The van der Waals surface area contributed by atoms with Crippen LogP contribution in [0.5, 0.6) is 0 Å². The normalized spacial score (nSPS) is 14.7. The molecule has 2 aliphatic carbocycles. The Hall–Kier alpha value is -5.40. The van der Waals surface area contributed by atoms with E-state index >= 15 is 0 Å². The zero-order valence-electron chi connectivity index (χ0n) is 29.2. The van der Waals surface area contributed by atoms with Crippen molar-refractivity contribution < 1.29 is 0 Å². The third-order valence-corrected chi connectivity index (χ3v) is 11.5. The van der Waals surface area contributed by atoms with Crippen molar-refractivity contribution in [2.75, 3.05) is 4.90 Å². The van der Waals surface area contributed by atoms with Gasteiger partial charge in [0.1, 0.15) is 0 Å². The van der Waals surface area contributed by atoms with Crippen molar-refractivity contribution >= 4 is 27.8 Å². The van der Waals surface area contributed by atoms with Crippen molar-refractivity contribution in [2.24, 2.45) is 0 Å². The maximum atomic E-state index is 2.52. The second kappa shape index (κ2) is 10.5. The third-order valence-electron chi connectivity index (χ3n) is 11.5. The molecule has 0 saturated heterocycles. The van der Waals surface area contributed by atoms with Crippen LogP contribution >= 0.6 is 0 Å². The monoisotopic (exact) mass is 631 g/mol. The van der Waals surface area contributed by atoms with E-state index < -0.39 is 0 Å². The van der Waals surface area contributed by atoms with E-state index in [2.05, 4.69) is 186 Å². The Morgan fingerprint density at radius 1 is 0.408 bits per heavy atom. The molecule has 0 fully saturated rings. The van der Waals surface area contributed by atoms with Crippen molar-refractivity contribution in [2.45, 2.75) is 52.4 Å². The van der Waals surface area contributed by atoms with Crippen LogP contribution < -0.4 is 4.90 Å². The van der Waals surface area contributed by atoms with Crippen LogP contribution in [0.15, 0.2) is 140 Å². The summed E-state index contributed by atoms with van der Waals surface area (Å²) in [6.07, 6.45) is 0. The highest BCUT2D eigenvalue weighted by Gasteiger charge is 2.38. The molecule has 0 amide bonds. The molecule has 0 N–H and O–H groups in total. The zero-order valence-corrected chi connectivity index (χ0v) is 29.2. The Bertz CT molecular complexity index is 2340. The zero-order chi connectivity index (χ0) is 33.7. The fourth-order valence-electron chi connectivity index (χ4n) is 9.01. The fourth-order valence-corrected chi connectivity index (χ4v) is 9.01. The van der Waals surface area contributed by atoms with Crippen molar-refractivity contribution in [1.82, 2.24) is 0 Å². The summed E-state index contributed by atoms with van der Waals surface area (Å²) in [6, 6.07) is 52.3. The lowest BCUT2D eigenvalue weighted by Gasteiger charge is -2.32. The van der Waals surface area contributed by atoms with E-state index in [4.69, 9.17) is 0 Å². The van der Waals surface area contributed by atoms with Gasteiger partial charge in [-0.3, -0.25) is 0 Å². The molecule has 0 heterocycles. The standard InChI is InChI=1S/C48H41N/c1-30-26-33(37-19-13-15-32-14-7-8-16-36(32)37)27-31(2)46(30)49(34-22-24-40-38-17-9-11-20-42(38)47(3,4)44(40)28-34)35-23-25-41-39-18-10-12-21-43(39)48(5,6)45(41)29-35/h7-29H,1-6H3. The summed E-state index contributed by atoms with van der Waals surface area (Å²) in [7, 11) is 0. The van der Waals surface area contributed by atoms with E-state index in [-0.39, 0.29) is 10.8 Å². The van der Waals surface area contributed by atoms with Gasteiger partial charge in [-0.2, -0.15) is 0 Å². The molecule has 0 radical (unpaired) electrons. The second-order valence-electron chi connectivity index (χ2n) is 15.1. The van der Waals surface area contributed by atoms with Gasteiger partial charge < -0.3 is 4.90 Å². The van der Waals surface area contributed by atoms with Crippen LogP contribution in [0.3, 0.4) is 0 Å². The van der Waals surface area contributed by atoms with E-state index in [0.29, 0.717) is 0 Å². The number of fused-ring (bicyclic) bond motifs is 7. The van der Waals surface area contributed by atoms with Crippen LogP contribution in [-0.2, 0) is 10.8 Å². The Morgan fingerprint density at radius 3 is 1.43 bits per heavy atom. The van der Waals surface area contributed by atoms with Gasteiger partial charge in [-0.05, 0) is 128 Å². The van der Waals surface area contributed by atoms with E-state index in [9.17, 15) is 0 Å². The summed E-state index contributed by atoms with van der Waals surface area (Å²) in [5, 5.41) is 2.55. The minimum atomic E-state index is -0.0858. The second-order valence-corrected chi connectivity index (χ2v) is 15.1. The van der Waals surface area contributed by atoms with Gasteiger partial charge in [-0.1, -0.05) is 131 Å². The quantitative estimate of drug-likeness (QED) is 0.187. The minimum absolute atomic E-state index is 0.0858. The Balaban J connectivity index is 1.26. The molecule has 2 aliphatic rings. The average Bonchev–Trinajstić information content (AvgIpc) is 3.48. The Labute approximate surface area is 290 Å². The van der Waals surface area contributed by atoms with Gasteiger partial charge in [0.05, 0.1) is 5.69 Å². The summed E-state index contributed by atoms with van der Waals surface area (Å²) in [5.41, 5.74) is 19.5. The number of benzene rings is 7. The highest BCUT2D eigenvalue weighted by Crippen LogP contribution is 2.53. The lowest BCUT2D eigenvalue weighted by atomic mass is 9.82. The first kappa shape index (κ1) is 29.7. The summed E-state index contributed by atoms with van der Waals surface area (Å²) in [5.74, 6) is 0. The molecule has 0 spiro atoms. The summed E-state index contributed by atoms with van der Waals surface area (Å²) >= 11 is 0. The average molecular weight is 632 g/mol. The molecule has 9 rings (SSSR count). The molecule has 0 saturated carbocycles. The number of anilines is 3. The number of hydrogen-bond donors (Lipinski definition) is 0. The highest BCUT2D eigenvalue weighted by molar-refractivity contribution is 5.98. The maximum Gasteiger partial charge on any atom is 0.0520 e. The molecule has 0 atom stereocenters. The van der Waals surface area contributed by atoms with Crippen molar-refractivity contribution in [3.63, 3.8) is 0 Å². The van der Waals surface area contributed by atoms with Gasteiger partial charge in [0.15, 0.2) is 0 Å². The molecule has 1 nitrogen and oxygen atoms in total. The van der Waals surface area contributed by atoms with Crippen LogP contribution in [0.2, 0.25) is 0 Å². The van der Waals surface area contributed by atoms with Gasteiger partial charge in [-0.15, -0.1) is 0 Å². The molecule has 0 unspecified atom stereocenters. The number of hydrogen-bond acceptors (Lipinski definition) is 1. The molecule has 7 aromatic carbocycles. The molecule has 7 aromatic rings. The Kier molecular flexibility index (Phi) is 6.40. The fraction of sp³-hybridized carbons (Fsp3) is 0.167. The first-order valence-corrected chi connectivity index (χ1v) is 17.5. The minimum Gasteiger partial charge on any atom is -0.310 e. The predicted molar refractivity (Wildman–Crippen MR) is 209 cm³/mol. The van der Waals surface area contributed by atoms with Crippen LogP contribution in [0.4, 0.5) is 17.1 Å². The smallest absolute Gasteiger partial charge is 0.0520 e. The van der Waals surface area contributed by atoms with E-state index in [1.54, 1.807) is 0 Å². The molecule has 49 heavy (non-hydrogen) atoms. The molecular weight excluding hydrogens is 591 g/mol. The molecule has 0 bridgehead atoms. The van der Waals surface area contributed by atoms with Crippen molar-refractivity contribution in [1.29, 1.82) is 0 Å². The van der Waals surface area contributed by atoms with Gasteiger partial charge in [0.25, 0.3) is 0 Å². The van der Waals surface area contributed by atoms with Crippen LogP contribution in [0, 0.1) is 13.8 Å². The topological polar surface area (TPSA) is 3.24 Å². The third kappa shape index (κ3) is 4.31. The van der Waals surface area contributed by atoms with Gasteiger partial charge >= 0.3 is 0 Å². The molecule has 0 aliphatic heterocycles. The summed E-state index contributed by atoms with van der Waals surface area (Å²) < 4.78 is 0.